The summed E-state index contributed by atoms with van der Waals surface area (Å²) in [5.74, 6) is -0.622. The van der Waals surface area contributed by atoms with Gasteiger partial charge in [-0.1, -0.05) is 41.9 Å². The van der Waals surface area contributed by atoms with E-state index in [9.17, 15) is 9.90 Å². The maximum absolute atomic E-state index is 12.3. The van der Waals surface area contributed by atoms with Crippen molar-refractivity contribution in [3.63, 3.8) is 0 Å². The van der Waals surface area contributed by atoms with Crippen molar-refractivity contribution in [1.29, 1.82) is 0 Å². The second-order valence-electron chi connectivity index (χ2n) is 5.52. The number of carbonyl (C=O) groups is 1. The van der Waals surface area contributed by atoms with Crippen molar-refractivity contribution in [2.45, 2.75) is 13.5 Å². The number of amides is 1. The summed E-state index contributed by atoms with van der Waals surface area (Å²) in [4.78, 5) is 12.3. The molecule has 0 fully saturated rings. The Morgan fingerprint density at radius 2 is 1.92 bits per heavy atom. The Hall–Kier alpha value is -2.70. The van der Waals surface area contributed by atoms with Crippen LogP contribution in [0.4, 0.5) is 5.69 Å². The number of rotatable bonds is 6. The number of ether oxygens (including phenoxy) is 1. The Morgan fingerprint density at radius 3 is 2.69 bits per heavy atom. The fourth-order valence-electron chi connectivity index (χ4n) is 2.68. The number of aromatic hydroxyl groups is 1. The third-order valence-electron chi connectivity index (χ3n) is 3.93. The molecule has 0 bridgehead atoms. The lowest BCUT2D eigenvalue weighted by Crippen LogP contribution is -2.05. The molecular weight excluding hydrogens is 354 g/mol. The molecule has 0 spiro atoms. The summed E-state index contributed by atoms with van der Waals surface area (Å²) in [5, 5.41) is 19.3. The first kappa shape index (κ1) is 18.1. The van der Waals surface area contributed by atoms with Crippen LogP contribution in [-0.4, -0.2) is 28.8 Å². The minimum Gasteiger partial charge on any atom is -0.493 e. The lowest BCUT2D eigenvalue weighted by atomic mass is 10.2. The summed E-state index contributed by atoms with van der Waals surface area (Å²) < 4.78 is 7.06. The third-order valence-corrected chi connectivity index (χ3v) is 4.26. The van der Waals surface area contributed by atoms with E-state index in [0.717, 1.165) is 5.52 Å². The molecule has 3 aromatic rings. The lowest BCUT2D eigenvalue weighted by Gasteiger charge is -2.06. The lowest BCUT2D eigenvalue weighted by molar-refractivity contribution is 0.0995. The Kier molecular flexibility index (Phi) is 5.65. The van der Waals surface area contributed by atoms with Crippen LogP contribution in [0.25, 0.3) is 10.9 Å². The zero-order valence-corrected chi connectivity index (χ0v) is 15.0. The fraction of sp³-hybridized carbons (Fsp3) is 0.211. The van der Waals surface area contributed by atoms with E-state index in [0.29, 0.717) is 30.2 Å². The molecule has 1 N–H and O–H groups in total. The maximum atomic E-state index is 12.3. The predicted molar refractivity (Wildman–Crippen MR) is 100 cm³/mol. The predicted octanol–water partition coefficient (Wildman–Crippen LogP) is 4.96. The van der Waals surface area contributed by atoms with Crippen molar-refractivity contribution in [2.75, 3.05) is 13.2 Å². The molecule has 0 aliphatic carbocycles. The molecule has 2 aromatic carbocycles. The first-order valence-corrected chi connectivity index (χ1v) is 8.59. The number of azo groups is 1. The van der Waals surface area contributed by atoms with Crippen LogP contribution in [0.5, 0.6) is 5.88 Å². The highest BCUT2D eigenvalue weighted by Gasteiger charge is 2.17. The SMILES string of the molecule is CCOCCn1c(O)c(N=NC(=O)c2ccccc2Cl)c2ccccc21. The van der Waals surface area contributed by atoms with E-state index in [1.165, 1.54) is 0 Å². The molecule has 1 heterocycles. The molecule has 7 heteroatoms. The van der Waals surface area contributed by atoms with Crippen LogP contribution in [0.3, 0.4) is 0 Å². The standard InChI is InChI=1S/C19H18ClN3O3/c1-2-26-12-11-23-16-10-6-4-8-14(16)17(19(23)25)21-22-18(24)13-7-3-5-9-15(13)20/h3-10,25H,2,11-12H2,1H3. The summed E-state index contributed by atoms with van der Waals surface area (Å²) >= 11 is 6.01. The third kappa shape index (κ3) is 3.61. The number of fused-ring (bicyclic) bond motifs is 1. The van der Waals surface area contributed by atoms with Gasteiger partial charge in [-0.15, -0.1) is 10.2 Å². The van der Waals surface area contributed by atoms with Crippen molar-refractivity contribution < 1.29 is 14.6 Å². The quantitative estimate of drug-likeness (QED) is 0.491. The summed E-state index contributed by atoms with van der Waals surface area (Å²) in [6.07, 6.45) is 0. The molecule has 0 saturated carbocycles. The van der Waals surface area contributed by atoms with Crippen molar-refractivity contribution in [3.05, 3.63) is 59.1 Å². The van der Waals surface area contributed by atoms with Gasteiger partial charge in [-0.2, -0.15) is 0 Å². The molecule has 0 aliphatic heterocycles. The normalized spacial score (nSPS) is 11.5. The van der Waals surface area contributed by atoms with Crippen molar-refractivity contribution in [1.82, 2.24) is 4.57 Å². The topological polar surface area (TPSA) is 76.2 Å². The Morgan fingerprint density at radius 1 is 1.19 bits per heavy atom. The summed E-state index contributed by atoms with van der Waals surface area (Å²) in [5.41, 5.74) is 1.30. The summed E-state index contributed by atoms with van der Waals surface area (Å²) in [7, 11) is 0. The number of halogens is 1. The number of carbonyl (C=O) groups excluding carboxylic acids is 1. The zero-order chi connectivity index (χ0) is 18.5. The number of aromatic nitrogens is 1. The highest BCUT2D eigenvalue weighted by atomic mass is 35.5. The summed E-state index contributed by atoms with van der Waals surface area (Å²) in [6, 6.07) is 14.0. The smallest absolute Gasteiger partial charge is 0.296 e. The molecule has 26 heavy (non-hydrogen) atoms. The molecule has 134 valence electrons. The van der Waals surface area contributed by atoms with E-state index in [-0.39, 0.29) is 17.1 Å². The highest BCUT2D eigenvalue weighted by molar-refractivity contribution is 6.33. The number of hydrogen-bond donors (Lipinski definition) is 1. The minimum absolute atomic E-state index is 0.0541. The molecule has 0 unspecified atom stereocenters. The molecule has 1 aromatic heterocycles. The first-order chi connectivity index (χ1) is 12.6. The molecule has 0 atom stereocenters. The van der Waals surface area contributed by atoms with Gasteiger partial charge in [0.25, 0.3) is 5.91 Å². The Labute approximate surface area is 155 Å². The maximum Gasteiger partial charge on any atom is 0.296 e. The Bertz CT molecular complexity index is 966. The molecule has 0 radical (unpaired) electrons. The van der Waals surface area contributed by atoms with Gasteiger partial charge in [-0.25, -0.2) is 0 Å². The van der Waals surface area contributed by atoms with Crippen LogP contribution in [0, 0.1) is 0 Å². The van der Waals surface area contributed by atoms with Gasteiger partial charge in [0.1, 0.15) is 0 Å². The Balaban J connectivity index is 1.96. The number of para-hydroxylation sites is 1. The molecule has 0 aliphatic rings. The van der Waals surface area contributed by atoms with Gasteiger partial charge in [-0.3, -0.25) is 4.79 Å². The van der Waals surface area contributed by atoms with Gasteiger partial charge in [0, 0.05) is 18.5 Å². The minimum atomic E-state index is -0.568. The van der Waals surface area contributed by atoms with Crippen molar-refractivity contribution >= 4 is 34.1 Å². The van der Waals surface area contributed by atoms with Crippen molar-refractivity contribution in [3.8, 4) is 5.88 Å². The molecule has 6 nitrogen and oxygen atoms in total. The largest absolute Gasteiger partial charge is 0.493 e. The second-order valence-corrected chi connectivity index (χ2v) is 5.93. The van der Waals surface area contributed by atoms with Gasteiger partial charge < -0.3 is 14.4 Å². The fourth-order valence-corrected chi connectivity index (χ4v) is 2.90. The molecule has 0 saturated heterocycles. The van der Waals surface area contributed by atoms with Gasteiger partial charge in [0.15, 0.2) is 5.69 Å². The number of nitrogens with zero attached hydrogens (tertiary/aromatic N) is 3. The van der Waals surface area contributed by atoms with Gasteiger partial charge in [0.2, 0.25) is 5.88 Å². The monoisotopic (exact) mass is 371 g/mol. The molecule has 3 rings (SSSR count). The van der Waals surface area contributed by atoms with Crippen LogP contribution in [0.1, 0.15) is 17.3 Å². The zero-order valence-electron chi connectivity index (χ0n) is 14.2. The van der Waals surface area contributed by atoms with E-state index in [2.05, 4.69) is 10.2 Å². The average molecular weight is 372 g/mol. The second kappa shape index (κ2) is 8.12. The van der Waals surface area contributed by atoms with Gasteiger partial charge in [0.05, 0.1) is 22.7 Å². The van der Waals surface area contributed by atoms with Crippen molar-refractivity contribution in [2.24, 2.45) is 10.2 Å². The van der Waals surface area contributed by atoms with Crippen LogP contribution in [0.2, 0.25) is 5.02 Å². The number of benzene rings is 2. The van der Waals surface area contributed by atoms with E-state index in [4.69, 9.17) is 16.3 Å². The van der Waals surface area contributed by atoms with Crippen LogP contribution in [-0.2, 0) is 11.3 Å². The van der Waals surface area contributed by atoms with Gasteiger partial charge >= 0.3 is 0 Å². The van der Waals surface area contributed by atoms with Crippen LogP contribution in [0.15, 0.2) is 58.8 Å². The van der Waals surface area contributed by atoms with E-state index in [1.807, 2.05) is 31.2 Å². The van der Waals surface area contributed by atoms with E-state index < -0.39 is 5.91 Å². The van der Waals surface area contributed by atoms with E-state index >= 15 is 0 Å². The van der Waals surface area contributed by atoms with E-state index in [1.54, 1.807) is 28.8 Å². The highest BCUT2D eigenvalue weighted by Crippen LogP contribution is 2.38. The number of hydrogen-bond acceptors (Lipinski definition) is 4. The molecule has 1 amide bonds. The van der Waals surface area contributed by atoms with Crippen LogP contribution < -0.4 is 0 Å². The van der Waals surface area contributed by atoms with Crippen LogP contribution >= 0.6 is 11.6 Å². The average Bonchev–Trinajstić information content (AvgIpc) is 2.92. The summed E-state index contributed by atoms with van der Waals surface area (Å²) in [6.45, 7) is 3.43. The first-order valence-electron chi connectivity index (χ1n) is 8.22. The molecular formula is C19H18ClN3O3. The van der Waals surface area contributed by atoms with Gasteiger partial charge in [-0.05, 0) is 25.1 Å².